The molecule has 0 saturated carbocycles. The van der Waals surface area contributed by atoms with Gasteiger partial charge in [0.25, 0.3) is 16.0 Å². The van der Waals surface area contributed by atoms with E-state index in [0.29, 0.717) is 5.56 Å². The molecular formula is C17H12ClNO4S. The lowest BCUT2D eigenvalue weighted by molar-refractivity contribution is 0.102. The van der Waals surface area contributed by atoms with Gasteiger partial charge >= 0.3 is 0 Å². The van der Waals surface area contributed by atoms with Crippen LogP contribution in [0.25, 0.3) is 10.8 Å². The summed E-state index contributed by atoms with van der Waals surface area (Å²) >= 11 is 6.00. The summed E-state index contributed by atoms with van der Waals surface area (Å²) in [6.45, 7) is 0. The molecule has 5 nitrogen and oxygen atoms in total. The first kappa shape index (κ1) is 16.4. The van der Waals surface area contributed by atoms with Crippen LogP contribution < -0.4 is 5.32 Å². The summed E-state index contributed by atoms with van der Waals surface area (Å²) in [5.41, 5.74) is 0.533. The third-order valence-electron chi connectivity index (χ3n) is 3.52. The van der Waals surface area contributed by atoms with Crippen molar-refractivity contribution in [2.24, 2.45) is 0 Å². The minimum atomic E-state index is -4.39. The van der Waals surface area contributed by atoms with Crippen molar-refractivity contribution in [2.75, 3.05) is 5.32 Å². The number of halogens is 1. The van der Waals surface area contributed by atoms with Crippen LogP contribution in [0.3, 0.4) is 0 Å². The van der Waals surface area contributed by atoms with Crippen molar-refractivity contribution < 1.29 is 17.8 Å². The Morgan fingerprint density at radius 1 is 1.00 bits per heavy atom. The van der Waals surface area contributed by atoms with Gasteiger partial charge in [-0.05, 0) is 35.0 Å². The Hall–Kier alpha value is -2.41. The smallest absolute Gasteiger partial charge is 0.294 e. The number of rotatable bonds is 3. The number of nitrogens with one attached hydrogen (secondary N) is 1. The monoisotopic (exact) mass is 361 g/mol. The summed E-state index contributed by atoms with van der Waals surface area (Å²) in [4.78, 5) is 12.2. The van der Waals surface area contributed by atoms with Gasteiger partial charge in [0, 0.05) is 5.56 Å². The van der Waals surface area contributed by atoms with Crippen LogP contribution in [0.4, 0.5) is 5.69 Å². The molecule has 0 aromatic heterocycles. The molecule has 3 aromatic carbocycles. The van der Waals surface area contributed by atoms with Gasteiger partial charge in [-0.15, -0.1) is 0 Å². The Kier molecular flexibility index (Phi) is 4.28. The fourth-order valence-electron chi connectivity index (χ4n) is 2.37. The average Bonchev–Trinajstić information content (AvgIpc) is 2.55. The molecule has 2 N–H and O–H groups in total. The van der Waals surface area contributed by atoms with E-state index in [4.69, 9.17) is 16.2 Å². The zero-order chi connectivity index (χ0) is 17.3. The van der Waals surface area contributed by atoms with E-state index in [1.165, 1.54) is 6.07 Å². The zero-order valence-corrected chi connectivity index (χ0v) is 13.8. The van der Waals surface area contributed by atoms with Crippen LogP contribution in [0.15, 0.2) is 65.6 Å². The molecule has 1 amide bonds. The van der Waals surface area contributed by atoms with Gasteiger partial charge in [-0.2, -0.15) is 8.42 Å². The standard InChI is InChI=1S/C17H12ClNO4S/c18-15-9-8-12(24(21,22)23)10-16(15)19-17(20)14-7-3-5-11-4-1-2-6-13(11)14/h1-10H,(H,19,20)(H,21,22,23). The quantitative estimate of drug-likeness (QED) is 0.691. The second-order valence-corrected chi connectivity index (χ2v) is 6.93. The van der Waals surface area contributed by atoms with Crippen molar-refractivity contribution in [1.29, 1.82) is 0 Å². The van der Waals surface area contributed by atoms with Crippen molar-refractivity contribution in [2.45, 2.75) is 4.90 Å². The Bertz CT molecular complexity index is 1040. The van der Waals surface area contributed by atoms with Crippen molar-refractivity contribution in [1.82, 2.24) is 0 Å². The largest absolute Gasteiger partial charge is 0.321 e. The van der Waals surface area contributed by atoms with E-state index in [1.807, 2.05) is 30.3 Å². The zero-order valence-electron chi connectivity index (χ0n) is 12.2. The Labute approximate surface area is 143 Å². The molecular weight excluding hydrogens is 350 g/mol. The van der Waals surface area contributed by atoms with Gasteiger partial charge in [0.15, 0.2) is 0 Å². The van der Waals surface area contributed by atoms with E-state index in [2.05, 4.69) is 5.32 Å². The summed E-state index contributed by atoms with van der Waals surface area (Å²) in [7, 11) is -4.39. The first-order chi connectivity index (χ1) is 11.4. The first-order valence-electron chi connectivity index (χ1n) is 6.92. The molecule has 0 bridgehead atoms. The van der Waals surface area contributed by atoms with E-state index >= 15 is 0 Å². The van der Waals surface area contributed by atoms with Crippen LogP contribution in [0, 0.1) is 0 Å². The first-order valence-corrected chi connectivity index (χ1v) is 8.74. The highest BCUT2D eigenvalue weighted by Crippen LogP contribution is 2.27. The highest BCUT2D eigenvalue weighted by atomic mass is 35.5. The van der Waals surface area contributed by atoms with Crippen LogP contribution in [-0.2, 0) is 10.1 Å². The van der Waals surface area contributed by atoms with E-state index in [1.54, 1.807) is 12.1 Å². The second-order valence-electron chi connectivity index (χ2n) is 5.10. The van der Waals surface area contributed by atoms with Crippen molar-refractivity contribution in [3.63, 3.8) is 0 Å². The van der Waals surface area contributed by atoms with Gasteiger partial charge in [0.2, 0.25) is 0 Å². The molecule has 0 aliphatic rings. The molecule has 3 aromatic rings. The maximum absolute atomic E-state index is 12.6. The molecule has 0 unspecified atom stereocenters. The lowest BCUT2D eigenvalue weighted by atomic mass is 10.0. The maximum atomic E-state index is 12.6. The summed E-state index contributed by atoms with van der Waals surface area (Å²) in [5, 5.41) is 4.42. The van der Waals surface area contributed by atoms with E-state index in [-0.39, 0.29) is 15.6 Å². The highest BCUT2D eigenvalue weighted by molar-refractivity contribution is 7.85. The SMILES string of the molecule is O=C(Nc1cc(S(=O)(=O)O)ccc1Cl)c1cccc2ccccc12. The molecule has 0 atom stereocenters. The number of fused-ring (bicyclic) bond motifs is 1. The molecule has 0 spiro atoms. The number of carbonyl (C=O) groups is 1. The molecule has 0 fully saturated rings. The normalized spacial score (nSPS) is 11.4. The van der Waals surface area contributed by atoms with Gasteiger partial charge in [0.1, 0.15) is 0 Å². The van der Waals surface area contributed by atoms with Gasteiger partial charge < -0.3 is 5.32 Å². The van der Waals surface area contributed by atoms with Crippen LogP contribution >= 0.6 is 11.6 Å². The predicted molar refractivity (Wildman–Crippen MR) is 93.2 cm³/mol. The fourth-order valence-corrected chi connectivity index (χ4v) is 3.05. The third kappa shape index (κ3) is 3.26. The van der Waals surface area contributed by atoms with Crippen LogP contribution in [0.5, 0.6) is 0 Å². The molecule has 122 valence electrons. The van der Waals surface area contributed by atoms with Crippen LogP contribution in [0.2, 0.25) is 5.02 Å². The molecule has 0 heterocycles. The molecule has 0 aliphatic carbocycles. The van der Waals surface area contributed by atoms with Gasteiger partial charge in [-0.3, -0.25) is 9.35 Å². The Balaban J connectivity index is 2.01. The van der Waals surface area contributed by atoms with Crippen molar-refractivity contribution >= 4 is 44.1 Å². The minimum Gasteiger partial charge on any atom is -0.321 e. The Morgan fingerprint density at radius 3 is 2.46 bits per heavy atom. The summed E-state index contributed by atoms with van der Waals surface area (Å²) in [6.07, 6.45) is 0. The minimum absolute atomic E-state index is 0.102. The second kappa shape index (κ2) is 6.24. The topological polar surface area (TPSA) is 83.5 Å². The third-order valence-corrected chi connectivity index (χ3v) is 4.70. The van der Waals surface area contributed by atoms with Crippen LogP contribution in [0.1, 0.15) is 10.4 Å². The number of hydrogen-bond donors (Lipinski definition) is 2. The van der Waals surface area contributed by atoms with Crippen molar-refractivity contribution in [3.8, 4) is 0 Å². The van der Waals surface area contributed by atoms with E-state index < -0.39 is 16.0 Å². The highest BCUT2D eigenvalue weighted by Gasteiger charge is 2.15. The molecule has 7 heteroatoms. The molecule has 0 radical (unpaired) electrons. The summed E-state index contributed by atoms with van der Waals surface area (Å²) in [6, 6.07) is 16.3. The number of carbonyl (C=O) groups excluding carboxylic acids is 1. The van der Waals surface area contributed by atoms with Crippen molar-refractivity contribution in [3.05, 3.63) is 71.2 Å². The lowest BCUT2D eigenvalue weighted by Crippen LogP contribution is -2.13. The van der Waals surface area contributed by atoms with E-state index in [0.717, 1.165) is 22.9 Å². The maximum Gasteiger partial charge on any atom is 0.294 e. The number of hydrogen-bond acceptors (Lipinski definition) is 3. The number of benzene rings is 3. The fraction of sp³-hybridized carbons (Fsp3) is 0. The van der Waals surface area contributed by atoms with Gasteiger partial charge in [0.05, 0.1) is 15.6 Å². The predicted octanol–water partition coefficient (Wildman–Crippen LogP) is 3.99. The van der Waals surface area contributed by atoms with Gasteiger partial charge in [-0.25, -0.2) is 0 Å². The van der Waals surface area contributed by atoms with E-state index in [9.17, 15) is 13.2 Å². The number of anilines is 1. The molecule has 0 saturated heterocycles. The molecule has 0 aliphatic heterocycles. The van der Waals surface area contributed by atoms with Gasteiger partial charge in [-0.1, -0.05) is 48.0 Å². The Morgan fingerprint density at radius 2 is 1.71 bits per heavy atom. The summed E-state index contributed by atoms with van der Waals surface area (Å²) in [5.74, 6) is -0.429. The number of amides is 1. The average molecular weight is 362 g/mol. The lowest BCUT2D eigenvalue weighted by Gasteiger charge is -2.10. The summed E-state index contributed by atoms with van der Waals surface area (Å²) < 4.78 is 31.6. The molecule has 24 heavy (non-hydrogen) atoms. The van der Waals surface area contributed by atoms with Crippen LogP contribution in [-0.4, -0.2) is 18.9 Å². The molecule has 3 rings (SSSR count).